The topological polar surface area (TPSA) is 104 Å². The molecule has 9 heteroatoms. The maximum Gasteiger partial charge on any atom is 0.387 e. The highest BCUT2D eigenvalue weighted by Crippen LogP contribution is 2.61. The molecule has 4 bridgehead atoms. The first-order valence-corrected chi connectivity index (χ1v) is 11.3. The summed E-state index contributed by atoms with van der Waals surface area (Å²) in [5.41, 5.74) is -0.760. The Hall–Kier alpha value is -2.73. The molecule has 178 valence electrons. The van der Waals surface area contributed by atoms with Gasteiger partial charge in [-0.05, 0) is 81.4 Å². The average molecular weight is 462 g/mol. The van der Waals surface area contributed by atoms with Crippen LogP contribution < -0.4 is 10.1 Å². The van der Waals surface area contributed by atoms with E-state index < -0.39 is 23.6 Å². The first-order valence-electron chi connectivity index (χ1n) is 11.3. The Morgan fingerprint density at radius 2 is 1.91 bits per heavy atom. The Morgan fingerprint density at radius 3 is 2.45 bits per heavy atom. The Labute approximate surface area is 191 Å². The zero-order valence-electron chi connectivity index (χ0n) is 18.8. The normalized spacial score (nSPS) is 30.8. The van der Waals surface area contributed by atoms with Crippen molar-refractivity contribution in [2.75, 3.05) is 0 Å². The van der Waals surface area contributed by atoms with Crippen molar-refractivity contribution >= 4 is 11.8 Å². The van der Waals surface area contributed by atoms with Crippen LogP contribution in [0.15, 0.2) is 29.3 Å². The molecule has 0 saturated heterocycles. The lowest BCUT2D eigenvalue weighted by Crippen LogP contribution is -2.56. The first-order chi connectivity index (χ1) is 15.6. The molecule has 7 nitrogen and oxygen atoms in total. The highest BCUT2D eigenvalue weighted by Gasteiger charge is 2.59. The molecular weight excluding hydrogens is 432 g/mol. The molecule has 0 aliphatic heterocycles. The van der Waals surface area contributed by atoms with E-state index in [0.717, 1.165) is 24.8 Å². The highest BCUT2D eigenvalue weighted by molar-refractivity contribution is 5.91. The molecular formula is C24H29F2N3O4. The fourth-order valence-electron chi connectivity index (χ4n) is 6.11. The van der Waals surface area contributed by atoms with E-state index >= 15 is 0 Å². The number of nitrogens with one attached hydrogen (secondary N) is 1. The Bertz CT molecular complexity index is 941. The van der Waals surface area contributed by atoms with Crippen molar-refractivity contribution in [2.24, 2.45) is 28.2 Å². The van der Waals surface area contributed by atoms with Gasteiger partial charge in [0, 0.05) is 0 Å². The number of nitriles is 1. The molecule has 5 rings (SSSR count). The second-order valence-electron chi connectivity index (χ2n) is 10.1. The molecule has 33 heavy (non-hydrogen) atoms. The number of hydrogen-bond donors (Lipinski definition) is 2. The van der Waals surface area contributed by atoms with Gasteiger partial charge < -0.3 is 14.6 Å². The van der Waals surface area contributed by atoms with Crippen molar-refractivity contribution in [3.8, 4) is 11.9 Å². The van der Waals surface area contributed by atoms with Crippen molar-refractivity contribution in [1.29, 1.82) is 5.26 Å². The van der Waals surface area contributed by atoms with E-state index in [1.807, 2.05) is 20.0 Å². The van der Waals surface area contributed by atoms with Crippen molar-refractivity contribution < 1.29 is 28.2 Å². The number of carboxylic acid groups (broad SMARTS) is 1. The monoisotopic (exact) mass is 461 g/mol. The van der Waals surface area contributed by atoms with Gasteiger partial charge in [0.2, 0.25) is 0 Å². The lowest BCUT2D eigenvalue weighted by molar-refractivity contribution is -0.166. The summed E-state index contributed by atoms with van der Waals surface area (Å²) in [7, 11) is 0. The smallest absolute Gasteiger partial charge is 0.387 e. The van der Waals surface area contributed by atoms with Gasteiger partial charge in [0.1, 0.15) is 17.2 Å². The summed E-state index contributed by atoms with van der Waals surface area (Å²) < 4.78 is 35.1. The molecule has 0 heterocycles. The number of amidine groups is 1. The van der Waals surface area contributed by atoms with Gasteiger partial charge >= 0.3 is 12.6 Å². The van der Waals surface area contributed by atoms with Crippen molar-refractivity contribution in [3.05, 3.63) is 29.8 Å². The van der Waals surface area contributed by atoms with Gasteiger partial charge in [-0.15, -0.1) is 0 Å². The van der Waals surface area contributed by atoms with Crippen LogP contribution in [0.1, 0.15) is 51.5 Å². The van der Waals surface area contributed by atoms with Gasteiger partial charge in [-0.25, -0.2) is 0 Å². The Morgan fingerprint density at radius 1 is 1.27 bits per heavy atom. The highest BCUT2D eigenvalue weighted by atomic mass is 19.3. The number of aliphatic imine (C=N–C) groups is 1. The average Bonchev–Trinajstić information content (AvgIpc) is 2.74. The number of benzene rings is 1. The van der Waals surface area contributed by atoms with Crippen LogP contribution in [0.2, 0.25) is 0 Å². The number of ether oxygens (including phenoxy) is 2. The SMILES string of the molecule is CC(C)(OCc1ccc(OC(F)F)cc1)C(=NC1C2CC3CC1CC(C(=O)O)(C3)C2)NC#N. The largest absolute Gasteiger partial charge is 0.481 e. The molecule has 2 unspecified atom stereocenters. The lowest BCUT2D eigenvalue weighted by atomic mass is 9.48. The minimum Gasteiger partial charge on any atom is -0.481 e. The van der Waals surface area contributed by atoms with Crippen molar-refractivity contribution in [1.82, 2.24) is 5.32 Å². The maximum absolute atomic E-state index is 12.3. The van der Waals surface area contributed by atoms with Crippen LogP contribution >= 0.6 is 0 Å². The van der Waals surface area contributed by atoms with Gasteiger partial charge in [-0.2, -0.15) is 14.0 Å². The van der Waals surface area contributed by atoms with E-state index in [1.54, 1.807) is 12.1 Å². The fourth-order valence-corrected chi connectivity index (χ4v) is 6.11. The van der Waals surface area contributed by atoms with E-state index in [4.69, 9.17) is 9.73 Å². The van der Waals surface area contributed by atoms with Crippen LogP contribution in [0, 0.1) is 34.6 Å². The molecule has 1 aromatic rings. The summed E-state index contributed by atoms with van der Waals surface area (Å²) in [6, 6.07) is 6.16. The number of nitrogens with zero attached hydrogens (tertiary/aromatic N) is 2. The third-order valence-corrected chi connectivity index (χ3v) is 7.45. The number of halogens is 2. The predicted octanol–water partition coefficient (Wildman–Crippen LogP) is 4.33. The van der Waals surface area contributed by atoms with Crippen LogP contribution in [0.4, 0.5) is 8.78 Å². The number of rotatable bonds is 8. The lowest BCUT2D eigenvalue weighted by Gasteiger charge is -2.57. The quantitative estimate of drug-likeness (QED) is 0.258. The number of hydrogen-bond acceptors (Lipinski definition) is 5. The van der Waals surface area contributed by atoms with Crippen LogP contribution in [-0.2, 0) is 16.1 Å². The first kappa shape index (κ1) is 23.4. The van der Waals surface area contributed by atoms with Gasteiger partial charge in [0.05, 0.1) is 18.1 Å². The second-order valence-corrected chi connectivity index (χ2v) is 10.1. The molecule has 1 aromatic carbocycles. The van der Waals surface area contributed by atoms with E-state index in [-0.39, 0.29) is 30.2 Å². The third kappa shape index (κ3) is 4.81. The molecule has 0 aromatic heterocycles. The summed E-state index contributed by atoms with van der Waals surface area (Å²) in [6.07, 6.45) is 5.96. The summed E-state index contributed by atoms with van der Waals surface area (Å²) in [6.45, 7) is 0.950. The van der Waals surface area contributed by atoms with E-state index in [0.29, 0.717) is 24.6 Å². The summed E-state index contributed by atoms with van der Waals surface area (Å²) in [4.78, 5) is 16.9. The Balaban J connectivity index is 1.47. The number of aliphatic carboxylic acids is 1. The van der Waals surface area contributed by atoms with Crippen molar-refractivity contribution in [2.45, 2.75) is 70.8 Å². The summed E-state index contributed by atoms with van der Waals surface area (Å²) in [5.74, 6) is 0.640. The standard InChI is InChI=1S/C24H29F2N3O4/c1-23(2,32-12-14-3-5-18(6-4-14)33-22(25)26)20(28-13-27)29-19-16-7-15-8-17(19)11-24(9-15,10-16)21(30)31/h3-6,15-17,19,22H,7-12H2,1-2H3,(H,28,29)(H,30,31). The van der Waals surface area contributed by atoms with Gasteiger partial charge in [0.15, 0.2) is 6.19 Å². The van der Waals surface area contributed by atoms with Crippen LogP contribution in [-0.4, -0.2) is 35.2 Å². The van der Waals surface area contributed by atoms with E-state index in [2.05, 4.69) is 10.1 Å². The molecule has 2 atom stereocenters. The minimum absolute atomic E-state index is 0.0291. The molecule has 0 radical (unpaired) electrons. The number of alkyl halides is 2. The van der Waals surface area contributed by atoms with Crippen LogP contribution in [0.5, 0.6) is 5.75 Å². The molecule has 0 amide bonds. The molecule has 4 aliphatic rings. The molecule has 4 fully saturated rings. The number of carbonyl (C=O) groups is 1. The van der Waals surface area contributed by atoms with Crippen molar-refractivity contribution in [3.63, 3.8) is 0 Å². The van der Waals surface area contributed by atoms with Crippen LogP contribution in [0.25, 0.3) is 0 Å². The van der Waals surface area contributed by atoms with Gasteiger partial charge in [-0.1, -0.05) is 12.1 Å². The zero-order valence-corrected chi connectivity index (χ0v) is 18.8. The van der Waals surface area contributed by atoms with Gasteiger partial charge in [-0.3, -0.25) is 15.1 Å². The van der Waals surface area contributed by atoms with Crippen LogP contribution in [0.3, 0.4) is 0 Å². The third-order valence-electron chi connectivity index (χ3n) is 7.45. The van der Waals surface area contributed by atoms with E-state index in [1.165, 1.54) is 12.1 Å². The molecule has 2 N–H and O–H groups in total. The van der Waals surface area contributed by atoms with Gasteiger partial charge in [0.25, 0.3) is 0 Å². The minimum atomic E-state index is -2.88. The zero-order chi connectivity index (χ0) is 23.8. The number of carboxylic acids is 1. The predicted molar refractivity (Wildman–Crippen MR) is 116 cm³/mol. The molecule has 4 saturated carbocycles. The summed E-state index contributed by atoms with van der Waals surface area (Å²) >= 11 is 0. The Kier molecular flexibility index (Phi) is 6.32. The molecule has 0 spiro atoms. The second kappa shape index (κ2) is 8.90. The molecule has 4 aliphatic carbocycles. The fraction of sp³-hybridized carbons (Fsp3) is 0.625. The van der Waals surface area contributed by atoms with E-state index in [9.17, 15) is 23.9 Å². The maximum atomic E-state index is 12.3. The summed E-state index contributed by atoms with van der Waals surface area (Å²) in [5, 5.41) is 21.9.